The van der Waals surface area contributed by atoms with Gasteiger partial charge in [-0.05, 0) is 38.3 Å². The molecule has 1 fully saturated rings. The van der Waals surface area contributed by atoms with Crippen molar-refractivity contribution < 1.29 is 4.79 Å². The number of amides is 1. The minimum atomic E-state index is -0.0560. The molecule has 2 aromatic heterocycles. The zero-order valence-electron chi connectivity index (χ0n) is 14.0. The van der Waals surface area contributed by atoms with Gasteiger partial charge in [-0.2, -0.15) is 5.26 Å². The largest absolute Gasteiger partial charge is 0.337 e. The van der Waals surface area contributed by atoms with Crippen molar-refractivity contribution in [2.75, 3.05) is 13.1 Å². The Labute approximate surface area is 146 Å². The molecule has 124 valence electrons. The third-order valence-electron chi connectivity index (χ3n) is 4.41. The maximum absolute atomic E-state index is 12.8. The quantitative estimate of drug-likeness (QED) is 0.859. The average Bonchev–Trinajstić information content (AvgIpc) is 3.10. The van der Waals surface area contributed by atoms with Crippen LogP contribution in [0.25, 0.3) is 0 Å². The first kappa shape index (κ1) is 16.6. The number of carbonyl (C=O) groups excluding carboxylic acids is 1. The van der Waals surface area contributed by atoms with Crippen LogP contribution in [0.1, 0.15) is 58.1 Å². The molecule has 6 heteroatoms. The highest BCUT2D eigenvalue weighted by molar-refractivity contribution is 7.09. The number of thiazole rings is 1. The van der Waals surface area contributed by atoms with Crippen LogP contribution in [0.3, 0.4) is 0 Å². The topological polar surface area (TPSA) is 69.9 Å². The molecular weight excluding hydrogens is 320 g/mol. The van der Waals surface area contributed by atoms with E-state index >= 15 is 0 Å². The maximum Gasteiger partial charge on any atom is 0.272 e. The van der Waals surface area contributed by atoms with E-state index < -0.39 is 0 Å². The zero-order chi connectivity index (χ0) is 17.1. The van der Waals surface area contributed by atoms with Gasteiger partial charge in [0.15, 0.2) is 0 Å². The van der Waals surface area contributed by atoms with Gasteiger partial charge in [-0.15, -0.1) is 11.3 Å². The molecule has 1 saturated heterocycles. The van der Waals surface area contributed by atoms with Gasteiger partial charge in [0.1, 0.15) is 11.8 Å². The highest BCUT2D eigenvalue weighted by Crippen LogP contribution is 2.30. The van der Waals surface area contributed by atoms with Crippen LogP contribution in [0, 0.1) is 18.3 Å². The molecule has 0 spiro atoms. The molecule has 1 amide bonds. The van der Waals surface area contributed by atoms with Gasteiger partial charge in [0.25, 0.3) is 5.91 Å². The molecule has 3 rings (SSSR count). The number of nitriles is 1. The lowest BCUT2D eigenvalue weighted by atomic mass is 9.98. The average molecular weight is 340 g/mol. The van der Waals surface area contributed by atoms with E-state index in [2.05, 4.69) is 28.3 Å². The standard InChI is InChI=1S/C18H20N4OS/c1-3-15-11-24-17(21-15)14-5-4-8-22(10-14)18(23)16-7-6-13(9-19)12(2)20-16/h6-7,11,14H,3-5,8,10H2,1-2H3/t14-/m1/s1. The number of piperidine rings is 1. The van der Waals surface area contributed by atoms with Crippen LogP contribution in [-0.2, 0) is 6.42 Å². The van der Waals surface area contributed by atoms with E-state index in [4.69, 9.17) is 5.26 Å². The molecule has 2 aromatic rings. The lowest BCUT2D eigenvalue weighted by Crippen LogP contribution is -2.39. The van der Waals surface area contributed by atoms with Crippen molar-refractivity contribution in [1.82, 2.24) is 14.9 Å². The summed E-state index contributed by atoms with van der Waals surface area (Å²) in [6, 6.07) is 5.40. The van der Waals surface area contributed by atoms with Crippen molar-refractivity contribution in [3.8, 4) is 6.07 Å². The number of aromatic nitrogens is 2. The summed E-state index contributed by atoms with van der Waals surface area (Å²) < 4.78 is 0. The van der Waals surface area contributed by atoms with Crippen molar-refractivity contribution in [1.29, 1.82) is 5.26 Å². The van der Waals surface area contributed by atoms with Crippen molar-refractivity contribution >= 4 is 17.2 Å². The summed E-state index contributed by atoms with van der Waals surface area (Å²) in [5.74, 6) is 0.257. The van der Waals surface area contributed by atoms with E-state index in [0.717, 1.165) is 36.5 Å². The minimum absolute atomic E-state index is 0.0560. The Bertz CT molecular complexity index is 793. The number of rotatable bonds is 3. The molecule has 0 unspecified atom stereocenters. The smallest absolute Gasteiger partial charge is 0.272 e. The number of hydrogen-bond donors (Lipinski definition) is 0. The molecule has 1 aliphatic rings. The first-order valence-corrected chi connectivity index (χ1v) is 9.11. The third-order valence-corrected chi connectivity index (χ3v) is 5.47. The van der Waals surface area contributed by atoms with Crippen LogP contribution < -0.4 is 0 Å². The highest BCUT2D eigenvalue weighted by atomic mass is 32.1. The molecule has 3 heterocycles. The number of likely N-dealkylation sites (tertiary alicyclic amines) is 1. The molecular formula is C18H20N4OS. The number of carbonyl (C=O) groups is 1. The van der Waals surface area contributed by atoms with Gasteiger partial charge in [0.05, 0.1) is 22.0 Å². The molecule has 24 heavy (non-hydrogen) atoms. The van der Waals surface area contributed by atoms with Crippen LogP contribution in [0.5, 0.6) is 0 Å². The Morgan fingerprint density at radius 3 is 2.96 bits per heavy atom. The van der Waals surface area contributed by atoms with E-state index in [9.17, 15) is 4.79 Å². The molecule has 1 aliphatic heterocycles. The van der Waals surface area contributed by atoms with E-state index in [1.54, 1.807) is 30.4 Å². The second-order valence-corrected chi connectivity index (χ2v) is 6.95. The number of hydrogen-bond acceptors (Lipinski definition) is 5. The van der Waals surface area contributed by atoms with E-state index in [1.807, 2.05) is 4.90 Å². The predicted molar refractivity (Wildman–Crippen MR) is 93.1 cm³/mol. The van der Waals surface area contributed by atoms with Crippen LogP contribution in [0.15, 0.2) is 17.5 Å². The van der Waals surface area contributed by atoms with E-state index in [-0.39, 0.29) is 5.91 Å². The van der Waals surface area contributed by atoms with Crippen molar-refractivity contribution in [2.24, 2.45) is 0 Å². The lowest BCUT2D eigenvalue weighted by Gasteiger charge is -2.31. The summed E-state index contributed by atoms with van der Waals surface area (Å²) in [5.41, 5.74) is 2.66. The fraction of sp³-hybridized carbons (Fsp3) is 0.444. The van der Waals surface area contributed by atoms with Crippen LogP contribution in [0.4, 0.5) is 0 Å². The first-order valence-electron chi connectivity index (χ1n) is 8.23. The number of nitrogens with zero attached hydrogens (tertiary/aromatic N) is 4. The van der Waals surface area contributed by atoms with Gasteiger partial charge in [-0.1, -0.05) is 6.92 Å². The zero-order valence-corrected chi connectivity index (χ0v) is 14.8. The summed E-state index contributed by atoms with van der Waals surface area (Å²) in [6.07, 6.45) is 2.99. The van der Waals surface area contributed by atoms with Crippen LogP contribution >= 0.6 is 11.3 Å². The summed E-state index contributed by atoms with van der Waals surface area (Å²) in [4.78, 5) is 23.6. The Balaban J connectivity index is 1.75. The second kappa shape index (κ2) is 7.10. The van der Waals surface area contributed by atoms with Gasteiger partial charge in [-0.3, -0.25) is 4.79 Å². The minimum Gasteiger partial charge on any atom is -0.337 e. The molecule has 0 radical (unpaired) electrons. The Morgan fingerprint density at radius 2 is 2.29 bits per heavy atom. The van der Waals surface area contributed by atoms with Gasteiger partial charge in [0, 0.05) is 24.4 Å². The summed E-state index contributed by atoms with van der Waals surface area (Å²) >= 11 is 1.70. The van der Waals surface area contributed by atoms with Crippen molar-refractivity contribution in [2.45, 2.75) is 39.0 Å². The monoisotopic (exact) mass is 340 g/mol. The SMILES string of the molecule is CCc1csc([C@@H]2CCCN(C(=O)c3ccc(C#N)c(C)n3)C2)n1. The second-order valence-electron chi connectivity index (χ2n) is 6.06. The van der Waals surface area contributed by atoms with Gasteiger partial charge >= 0.3 is 0 Å². The van der Waals surface area contributed by atoms with Crippen LogP contribution in [0.2, 0.25) is 0 Å². The molecule has 5 nitrogen and oxygen atoms in total. The normalized spacial score (nSPS) is 17.5. The molecule has 0 aromatic carbocycles. The van der Waals surface area contributed by atoms with Crippen molar-refractivity contribution in [3.05, 3.63) is 45.2 Å². The maximum atomic E-state index is 12.8. The van der Waals surface area contributed by atoms with Crippen LogP contribution in [-0.4, -0.2) is 33.9 Å². The molecule has 0 bridgehead atoms. The van der Waals surface area contributed by atoms with E-state index in [0.29, 0.717) is 29.4 Å². The summed E-state index contributed by atoms with van der Waals surface area (Å²) in [7, 11) is 0. The molecule has 0 N–H and O–H groups in total. The fourth-order valence-corrected chi connectivity index (χ4v) is 4.03. The number of pyridine rings is 1. The van der Waals surface area contributed by atoms with Gasteiger partial charge in [0.2, 0.25) is 0 Å². The molecule has 1 atom stereocenters. The van der Waals surface area contributed by atoms with E-state index in [1.165, 1.54) is 0 Å². The molecule has 0 saturated carbocycles. The Hall–Kier alpha value is -2.26. The molecule has 0 aliphatic carbocycles. The summed E-state index contributed by atoms with van der Waals surface area (Å²) in [6.45, 7) is 5.31. The predicted octanol–water partition coefficient (Wildman–Crippen LogP) is 3.30. The van der Waals surface area contributed by atoms with Gasteiger partial charge in [-0.25, -0.2) is 9.97 Å². The fourth-order valence-electron chi connectivity index (χ4n) is 3.00. The lowest BCUT2D eigenvalue weighted by molar-refractivity contribution is 0.0701. The third kappa shape index (κ3) is 3.31. The number of aryl methyl sites for hydroxylation is 2. The Kier molecular flexibility index (Phi) is 4.91. The Morgan fingerprint density at radius 1 is 1.46 bits per heavy atom. The van der Waals surface area contributed by atoms with Crippen molar-refractivity contribution in [3.63, 3.8) is 0 Å². The highest BCUT2D eigenvalue weighted by Gasteiger charge is 2.28. The van der Waals surface area contributed by atoms with Gasteiger partial charge < -0.3 is 4.90 Å². The summed E-state index contributed by atoms with van der Waals surface area (Å²) in [5, 5.41) is 12.2. The first-order chi connectivity index (χ1) is 11.6.